The van der Waals surface area contributed by atoms with Gasteiger partial charge >= 0.3 is 6.03 Å². The maximum Gasteiger partial charge on any atom is 0.323 e. The fourth-order valence-electron chi connectivity index (χ4n) is 2.46. The molecule has 0 saturated heterocycles. The average Bonchev–Trinajstić information content (AvgIpc) is 2.99. The van der Waals surface area contributed by atoms with E-state index in [9.17, 15) is 4.79 Å². The largest absolute Gasteiger partial charge is 0.360 e. The summed E-state index contributed by atoms with van der Waals surface area (Å²) in [5.41, 5.74) is 1.15. The number of anilines is 1. The molecule has 19 heavy (non-hydrogen) atoms. The quantitative estimate of drug-likeness (QED) is 0.856. The van der Waals surface area contributed by atoms with E-state index in [4.69, 9.17) is 4.52 Å². The zero-order valence-corrected chi connectivity index (χ0v) is 11.0. The van der Waals surface area contributed by atoms with Crippen LogP contribution in [0.25, 0.3) is 0 Å². The number of hydrogen-bond acceptors (Lipinski definition) is 3. The molecule has 3 heterocycles. The van der Waals surface area contributed by atoms with E-state index in [0.29, 0.717) is 18.1 Å². The fourth-order valence-corrected chi connectivity index (χ4v) is 2.46. The molecule has 1 unspecified atom stereocenters. The first-order valence-corrected chi connectivity index (χ1v) is 6.31. The highest BCUT2D eigenvalue weighted by atomic mass is 16.5. The number of carbonyl (C=O) groups is 1. The molecule has 100 valence electrons. The Morgan fingerprint density at radius 1 is 1.53 bits per heavy atom. The molecule has 2 aromatic heterocycles. The average molecular weight is 260 g/mol. The third-order valence-corrected chi connectivity index (χ3v) is 3.47. The highest BCUT2D eigenvalue weighted by Crippen LogP contribution is 2.25. The van der Waals surface area contributed by atoms with Crippen molar-refractivity contribution in [3.05, 3.63) is 35.9 Å². The number of carbonyl (C=O) groups excluding carboxylic acids is 1. The summed E-state index contributed by atoms with van der Waals surface area (Å²) in [6.45, 7) is 5.32. The molecule has 3 rings (SSSR count). The molecular weight excluding hydrogens is 244 g/mol. The van der Waals surface area contributed by atoms with Gasteiger partial charge in [0.25, 0.3) is 0 Å². The summed E-state index contributed by atoms with van der Waals surface area (Å²) in [4.78, 5) is 14.0. The summed E-state index contributed by atoms with van der Waals surface area (Å²) in [6.07, 6.45) is 2.04. The van der Waals surface area contributed by atoms with E-state index in [-0.39, 0.29) is 12.1 Å². The Labute approximate surface area is 111 Å². The number of urea groups is 1. The number of aryl methyl sites for hydroxylation is 1. The van der Waals surface area contributed by atoms with Crippen molar-refractivity contribution >= 4 is 11.8 Å². The summed E-state index contributed by atoms with van der Waals surface area (Å²) >= 11 is 0. The molecule has 6 nitrogen and oxygen atoms in total. The standard InChI is InChI=1S/C13H16N4O2/c1-9-8-12(15-19-9)14-13(18)17-7-6-16-5-3-4-11(16)10(17)2/h3-5,8,10H,6-7H2,1-2H3,(H,14,15,18). The zero-order chi connectivity index (χ0) is 13.4. The summed E-state index contributed by atoms with van der Waals surface area (Å²) in [6, 6.07) is 5.67. The van der Waals surface area contributed by atoms with E-state index in [1.165, 1.54) is 0 Å². The normalized spacial score (nSPS) is 18.2. The second kappa shape index (κ2) is 4.46. The van der Waals surface area contributed by atoms with Crippen molar-refractivity contribution in [2.75, 3.05) is 11.9 Å². The number of nitrogens with zero attached hydrogens (tertiary/aromatic N) is 3. The van der Waals surface area contributed by atoms with Crippen molar-refractivity contribution in [1.82, 2.24) is 14.6 Å². The molecule has 2 amide bonds. The summed E-state index contributed by atoms with van der Waals surface area (Å²) in [5.74, 6) is 1.13. The van der Waals surface area contributed by atoms with Crippen LogP contribution in [-0.4, -0.2) is 27.2 Å². The Balaban J connectivity index is 1.74. The monoisotopic (exact) mass is 260 g/mol. The van der Waals surface area contributed by atoms with Crippen LogP contribution in [0.3, 0.4) is 0 Å². The highest BCUT2D eigenvalue weighted by Gasteiger charge is 2.27. The third-order valence-electron chi connectivity index (χ3n) is 3.47. The van der Waals surface area contributed by atoms with E-state index in [1.807, 2.05) is 25.3 Å². The van der Waals surface area contributed by atoms with Gasteiger partial charge in [-0.3, -0.25) is 5.32 Å². The van der Waals surface area contributed by atoms with E-state index in [0.717, 1.165) is 12.2 Å². The van der Waals surface area contributed by atoms with Gasteiger partial charge in [0.15, 0.2) is 5.82 Å². The van der Waals surface area contributed by atoms with Crippen LogP contribution in [0.1, 0.15) is 24.4 Å². The first-order chi connectivity index (χ1) is 9.15. The van der Waals surface area contributed by atoms with Gasteiger partial charge in [-0.25, -0.2) is 4.79 Å². The molecule has 0 radical (unpaired) electrons. The second-order valence-electron chi connectivity index (χ2n) is 4.75. The van der Waals surface area contributed by atoms with Crippen molar-refractivity contribution in [1.29, 1.82) is 0 Å². The predicted octanol–water partition coefficient (Wildman–Crippen LogP) is 2.39. The van der Waals surface area contributed by atoms with E-state index < -0.39 is 0 Å². The minimum atomic E-state index is -0.145. The number of aromatic nitrogens is 2. The van der Waals surface area contributed by atoms with Gasteiger partial charge in [0.2, 0.25) is 0 Å². The Hall–Kier alpha value is -2.24. The highest BCUT2D eigenvalue weighted by molar-refractivity contribution is 5.88. The van der Waals surface area contributed by atoms with Crippen molar-refractivity contribution in [2.24, 2.45) is 0 Å². The van der Waals surface area contributed by atoms with Gasteiger partial charge in [-0.15, -0.1) is 0 Å². The number of nitrogens with one attached hydrogen (secondary N) is 1. The second-order valence-corrected chi connectivity index (χ2v) is 4.75. The van der Waals surface area contributed by atoms with E-state index >= 15 is 0 Å². The van der Waals surface area contributed by atoms with E-state index in [2.05, 4.69) is 15.0 Å². The molecule has 0 spiro atoms. The van der Waals surface area contributed by atoms with Crippen LogP contribution < -0.4 is 5.32 Å². The molecule has 1 N–H and O–H groups in total. The topological polar surface area (TPSA) is 63.3 Å². The first kappa shape index (κ1) is 11.8. The van der Waals surface area contributed by atoms with Crippen molar-refractivity contribution < 1.29 is 9.32 Å². The van der Waals surface area contributed by atoms with Crippen LogP contribution in [0.2, 0.25) is 0 Å². The van der Waals surface area contributed by atoms with Crippen LogP contribution in [-0.2, 0) is 6.54 Å². The summed E-state index contributed by atoms with van der Waals surface area (Å²) in [7, 11) is 0. The van der Waals surface area contributed by atoms with Gasteiger partial charge in [0, 0.05) is 31.0 Å². The van der Waals surface area contributed by atoms with E-state index in [1.54, 1.807) is 17.9 Å². The molecule has 1 atom stereocenters. The lowest BCUT2D eigenvalue weighted by atomic mass is 10.1. The smallest absolute Gasteiger partial charge is 0.323 e. The molecule has 0 aromatic carbocycles. The number of rotatable bonds is 1. The Kier molecular flexibility index (Phi) is 2.77. The molecule has 0 aliphatic carbocycles. The lowest BCUT2D eigenvalue weighted by molar-refractivity contribution is 0.175. The minimum absolute atomic E-state index is 0.0525. The van der Waals surface area contributed by atoms with Crippen LogP contribution >= 0.6 is 0 Å². The van der Waals surface area contributed by atoms with Crippen LogP contribution in [0.15, 0.2) is 28.9 Å². The van der Waals surface area contributed by atoms with Crippen molar-refractivity contribution in [3.63, 3.8) is 0 Å². The van der Waals surface area contributed by atoms with Gasteiger partial charge in [-0.2, -0.15) is 0 Å². The first-order valence-electron chi connectivity index (χ1n) is 6.31. The van der Waals surface area contributed by atoms with Gasteiger partial charge in [0.1, 0.15) is 5.76 Å². The Bertz CT molecular complexity index is 601. The maximum absolute atomic E-state index is 12.2. The maximum atomic E-state index is 12.2. The molecule has 2 aromatic rings. The third kappa shape index (κ3) is 2.09. The molecule has 1 aliphatic heterocycles. The number of hydrogen-bond donors (Lipinski definition) is 1. The Morgan fingerprint density at radius 3 is 3.11 bits per heavy atom. The molecular formula is C13H16N4O2. The van der Waals surface area contributed by atoms with Gasteiger partial charge in [0.05, 0.1) is 6.04 Å². The van der Waals surface area contributed by atoms with Gasteiger partial charge in [-0.1, -0.05) is 5.16 Å². The number of amides is 2. The van der Waals surface area contributed by atoms with Crippen molar-refractivity contribution in [3.8, 4) is 0 Å². The molecule has 1 aliphatic rings. The minimum Gasteiger partial charge on any atom is -0.360 e. The van der Waals surface area contributed by atoms with Crippen molar-refractivity contribution in [2.45, 2.75) is 26.4 Å². The van der Waals surface area contributed by atoms with Gasteiger partial charge in [-0.05, 0) is 26.0 Å². The molecule has 6 heteroatoms. The van der Waals surface area contributed by atoms with Crippen LogP contribution in [0, 0.1) is 6.92 Å². The summed E-state index contributed by atoms with van der Waals surface area (Å²) < 4.78 is 7.11. The predicted molar refractivity (Wildman–Crippen MR) is 69.8 cm³/mol. The molecule has 0 bridgehead atoms. The summed E-state index contributed by atoms with van der Waals surface area (Å²) in [5, 5.41) is 6.53. The zero-order valence-electron chi connectivity index (χ0n) is 11.0. The molecule has 0 fully saturated rings. The van der Waals surface area contributed by atoms with Gasteiger partial charge < -0.3 is 14.0 Å². The lowest BCUT2D eigenvalue weighted by Gasteiger charge is -2.34. The van der Waals surface area contributed by atoms with Crippen LogP contribution in [0.4, 0.5) is 10.6 Å². The SMILES string of the molecule is Cc1cc(NC(=O)N2CCn3cccc3C2C)no1. The lowest BCUT2D eigenvalue weighted by Crippen LogP contribution is -2.43. The molecule has 0 saturated carbocycles. The number of fused-ring (bicyclic) bond motifs is 1. The fraction of sp³-hybridized carbons (Fsp3) is 0.385. The Morgan fingerprint density at radius 2 is 2.37 bits per heavy atom. The van der Waals surface area contributed by atoms with Crippen LogP contribution in [0.5, 0.6) is 0 Å².